The van der Waals surface area contributed by atoms with E-state index in [0.29, 0.717) is 24.7 Å². The van der Waals surface area contributed by atoms with Crippen molar-refractivity contribution in [1.82, 2.24) is 10.1 Å². The molecule has 1 saturated heterocycles. The van der Waals surface area contributed by atoms with Gasteiger partial charge < -0.3 is 14.5 Å². The van der Waals surface area contributed by atoms with Crippen molar-refractivity contribution in [2.24, 2.45) is 5.41 Å². The van der Waals surface area contributed by atoms with Crippen LogP contribution in [-0.2, 0) is 0 Å². The molecule has 3 rings (SSSR count). The molecule has 1 aromatic heterocycles. The summed E-state index contributed by atoms with van der Waals surface area (Å²) in [5.41, 5.74) is 0.879. The van der Waals surface area contributed by atoms with Crippen molar-refractivity contribution >= 4 is 11.8 Å². The van der Waals surface area contributed by atoms with Gasteiger partial charge in [0, 0.05) is 31.3 Å². The quantitative estimate of drug-likeness (QED) is 0.901. The lowest BCUT2D eigenvalue weighted by Crippen LogP contribution is -2.46. The first kappa shape index (κ1) is 16.5. The molecule has 6 heteroatoms. The zero-order valence-electron chi connectivity index (χ0n) is 13.9. The van der Waals surface area contributed by atoms with Crippen molar-refractivity contribution in [1.29, 1.82) is 0 Å². The molecule has 0 atom stereocenters. The van der Waals surface area contributed by atoms with E-state index in [1.807, 2.05) is 30.3 Å². The van der Waals surface area contributed by atoms with Crippen molar-refractivity contribution in [3.63, 3.8) is 0 Å². The Morgan fingerprint density at radius 2 is 2.04 bits per heavy atom. The smallest absolute Gasteiger partial charge is 0.323 e. The molecule has 1 fully saturated rings. The Bertz CT molecular complexity index is 670. The number of likely N-dealkylation sites (tertiary alicyclic amines) is 1. The van der Waals surface area contributed by atoms with Crippen molar-refractivity contribution in [3.8, 4) is 11.3 Å². The third-order valence-corrected chi connectivity index (χ3v) is 5.00. The van der Waals surface area contributed by atoms with Gasteiger partial charge in [0.2, 0.25) is 0 Å². The minimum atomic E-state index is -0.175. The summed E-state index contributed by atoms with van der Waals surface area (Å²) < 4.78 is 5.29. The number of carbonyl (C=O) groups is 1. The maximum atomic E-state index is 12.4. The molecular formula is C18H23N3O3. The van der Waals surface area contributed by atoms with Gasteiger partial charge in [-0.15, -0.1) is 0 Å². The summed E-state index contributed by atoms with van der Waals surface area (Å²) in [5.74, 6) is 1.03. The van der Waals surface area contributed by atoms with Crippen LogP contribution in [-0.4, -0.2) is 40.9 Å². The van der Waals surface area contributed by atoms with E-state index in [1.54, 1.807) is 11.0 Å². The van der Waals surface area contributed by atoms with E-state index < -0.39 is 0 Å². The number of benzene rings is 1. The lowest BCUT2D eigenvalue weighted by molar-refractivity contribution is 0.0542. The molecule has 2 N–H and O–H groups in total. The van der Waals surface area contributed by atoms with Crippen LogP contribution in [0.5, 0.6) is 0 Å². The van der Waals surface area contributed by atoms with Crippen molar-refractivity contribution in [2.75, 3.05) is 25.0 Å². The van der Waals surface area contributed by atoms with Crippen LogP contribution >= 0.6 is 0 Å². The van der Waals surface area contributed by atoms with E-state index >= 15 is 0 Å². The Labute approximate surface area is 141 Å². The van der Waals surface area contributed by atoms with Gasteiger partial charge in [-0.3, -0.25) is 5.32 Å². The van der Waals surface area contributed by atoms with Gasteiger partial charge in [-0.1, -0.05) is 42.4 Å². The molecule has 2 heterocycles. The molecule has 1 aromatic carbocycles. The Kier molecular flexibility index (Phi) is 4.85. The fraction of sp³-hybridized carbons (Fsp3) is 0.444. The maximum Gasteiger partial charge on any atom is 0.323 e. The molecule has 0 unspecified atom stereocenters. The van der Waals surface area contributed by atoms with Crippen LogP contribution < -0.4 is 5.32 Å². The molecule has 24 heavy (non-hydrogen) atoms. The van der Waals surface area contributed by atoms with Crippen LogP contribution in [0.15, 0.2) is 40.9 Å². The zero-order chi connectivity index (χ0) is 17.0. The van der Waals surface area contributed by atoms with Crippen LogP contribution in [0.1, 0.15) is 26.2 Å². The molecular weight excluding hydrogens is 306 g/mol. The minimum Gasteiger partial charge on any atom is -0.396 e. The summed E-state index contributed by atoms with van der Waals surface area (Å²) >= 11 is 0. The Balaban J connectivity index is 1.59. The van der Waals surface area contributed by atoms with E-state index in [2.05, 4.69) is 17.4 Å². The number of nitrogens with one attached hydrogen (secondary N) is 1. The van der Waals surface area contributed by atoms with Gasteiger partial charge >= 0.3 is 6.03 Å². The second-order valence-electron chi connectivity index (χ2n) is 6.37. The second-order valence-corrected chi connectivity index (χ2v) is 6.37. The standard InChI is InChI=1S/C18H23N3O3/c1-2-18(13-22)8-10-21(11-9-18)17(23)19-16-12-15(24-20-16)14-6-4-3-5-7-14/h3-7,12,22H,2,8-11,13H2,1H3,(H,19,20,23). The number of aliphatic hydroxyl groups is 1. The average Bonchev–Trinajstić information content (AvgIpc) is 3.11. The highest BCUT2D eigenvalue weighted by Gasteiger charge is 2.34. The Morgan fingerprint density at radius 3 is 2.67 bits per heavy atom. The topological polar surface area (TPSA) is 78.6 Å². The van der Waals surface area contributed by atoms with Gasteiger partial charge in [0.1, 0.15) is 0 Å². The Morgan fingerprint density at radius 1 is 1.33 bits per heavy atom. The summed E-state index contributed by atoms with van der Waals surface area (Å²) in [6.07, 6.45) is 2.58. The first-order valence-electron chi connectivity index (χ1n) is 8.35. The van der Waals surface area contributed by atoms with Gasteiger partial charge in [-0.05, 0) is 24.7 Å². The van der Waals surface area contributed by atoms with Gasteiger partial charge in [0.15, 0.2) is 11.6 Å². The van der Waals surface area contributed by atoms with Gasteiger partial charge in [-0.25, -0.2) is 4.79 Å². The highest BCUT2D eigenvalue weighted by molar-refractivity contribution is 5.88. The molecule has 6 nitrogen and oxygen atoms in total. The molecule has 0 radical (unpaired) electrons. The predicted molar refractivity (Wildman–Crippen MR) is 91.6 cm³/mol. The number of anilines is 1. The summed E-state index contributed by atoms with van der Waals surface area (Å²) in [5, 5.41) is 16.3. The van der Waals surface area contributed by atoms with Crippen LogP contribution in [0.2, 0.25) is 0 Å². The summed E-state index contributed by atoms with van der Waals surface area (Å²) in [7, 11) is 0. The molecule has 2 amide bonds. The second kappa shape index (κ2) is 7.05. The van der Waals surface area contributed by atoms with E-state index in [9.17, 15) is 9.90 Å². The van der Waals surface area contributed by atoms with E-state index in [4.69, 9.17) is 4.52 Å². The van der Waals surface area contributed by atoms with E-state index in [-0.39, 0.29) is 18.1 Å². The fourth-order valence-corrected chi connectivity index (χ4v) is 3.07. The maximum absolute atomic E-state index is 12.4. The monoisotopic (exact) mass is 329 g/mol. The van der Waals surface area contributed by atoms with Crippen LogP contribution in [0.3, 0.4) is 0 Å². The predicted octanol–water partition coefficient (Wildman–Crippen LogP) is 3.36. The van der Waals surface area contributed by atoms with Crippen LogP contribution in [0.4, 0.5) is 10.6 Å². The highest BCUT2D eigenvalue weighted by atomic mass is 16.5. The molecule has 2 aromatic rings. The van der Waals surface area contributed by atoms with Gasteiger partial charge in [-0.2, -0.15) is 0 Å². The highest BCUT2D eigenvalue weighted by Crippen LogP contribution is 2.34. The van der Waals surface area contributed by atoms with Crippen LogP contribution in [0, 0.1) is 5.41 Å². The largest absolute Gasteiger partial charge is 0.396 e. The molecule has 1 aliphatic rings. The molecule has 0 bridgehead atoms. The third-order valence-electron chi connectivity index (χ3n) is 5.00. The van der Waals surface area contributed by atoms with Gasteiger partial charge in [0.05, 0.1) is 0 Å². The number of hydrogen-bond acceptors (Lipinski definition) is 4. The third kappa shape index (κ3) is 3.43. The number of piperidine rings is 1. The van der Waals surface area contributed by atoms with Crippen LogP contribution in [0.25, 0.3) is 11.3 Å². The molecule has 0 spiro atoms. The molecule has 0 aliphatic carbocycles. The summed E-state index contributed by atoms with van der Waals surface area (Å²) in [4.78, 5) is 14.1. The first-order valence-corrected chi connectivity index (χ1v) is 8.35. The zero-order valence-corrected chi connectivity index (χ0v) is 13.9. The number of urea groups is 1. The lowest BCUT2D eigenvalue weighted by atomic mass is 9.77. The van der Waals surface area contributed by atoms with E-state index in [1.165, 1.54) is 0 Å². The Hall–Kier alpha value is -2.34. The van der Waals surface area contributed by atoms with Crippen molar-refractivity contribution in [2.45, 2.75) is 26.2 Å². The van der Waals surface area contributed by atoms with E-state index in [0.717, 1.165) is 24.8 Å². The number of amides is 2. The molecule has 0 saturated carbocycles. The lowest BCUT2D eigenvalue weighted by Gasteiger charge is -2.40. The number of aliphatic hydroxyl groups excluding tert-OH is 1. The number of hydrogen-bond donors (Lipinski definition) is 2. The summed E-state index contributed by atoms with van der Waals surface area (Å²) in [6, 6.07) is 11.2. The first-order chi connectivity index (χ1) is 11.7. The average molecular weight is 329 g/mol. The van der Waals surface area contributed by atoms with Gasteiger partial charge in [0.25, 0.3) is 0 Å². The van der Waals surface area contributed by atoms with Crippen molar-refractivity contribution < 1.29 is 14.4 Å². The number of carbonyl (C=O) groups excluding carboxylic acids is 1. The SMILES string of the molecule is CCC1(CO)CCN(C(=O)Nc2cc(-c3ccccc3)on2)CC1. The minimum absolute atomic E-state index is 0.0366. The fourth-order valence-electron chi connectivity index (χ4n) is 3.07. The number of nitrogens with zero attached hydrogens (tertiary/aromatic N) is 2. The normalized spacial score (nSPS) is 16.8. The number of rotatable bonds is 4. The summed E-state index contributed by atoms with van der Waals surface area (Å²) in [6.45, 7) is 3.56. The van der Waals surface area contributed by atoms with Crippen molar-refractivity contribution in [3.05, 3.63) is 36.4 Å². The molecule has 1 aliphatic heterocycles. The number of aromatic nitrogens is 1. The molecule has 128 valence electrons.